The Morgan fingerprint density at radius 3 is 2.62 bits per heavy atom. The van der Waals surface area contributed by atoms with Gasteiger partial charge in [-0.25, -0.2) is 4.98 Å². The lowest BCUT2D eigenvalue weighted by molar-refractivity contribution is -0.118. The molecule has 0 saturated heterocycles. The maximum Gasteiger partial charge on any atom is 0.140 e. The Kier molecular flexibility index (Phi) is 4.70. The second-order valence-electron chi connectivity index (χ2n) is 3.27. The molecular weight excluding hydrogens is 200 g/mol. The minimum Gasteiger partial charge on any atom is -0.342 e. The fourth-order valence-corrected chi connectivity index (χ4v) is 1.40. The Bertz CT molecular complexity index is 427. The number of hydrogen-bond donors (Lipinski definition) is 1. The fraction of sp³-hybridized carbons (Fsp3) is 0.385. The average Bonchev–Trinajstić information content (AvgIpc) is 2.73. The molecule has 0 aliphatic heterocycles. The Morgan fingerprint density at radius 2 is 2.00 bits per heavy atom. The van der Waals surface area contributed by atoms with Crippen LogP contribution >= 0.6 is 0 Å². The summed E-state index contributed by atoms with van der Waals surface area (Å²) in [6.45, 7) is 5.87. The molecule has 1 heterocycles. The molecule has 0 amide bonds. The second kappa shape index (κ2) is 6.05. The molecule has 0 unspecified atom stereocenters. The van der Waals surface area contributed by atoms with Gasteiger partial charge in [-0.15, -0.1) is 0 Å². The van der Waals surface area contributed by atoms with E-state index < -0.39 is 0 Å². The molecule has 1 aromatic carbocycles. The third-order valence-corrected chi connectivity index (χ3v) is 2.20. The lowest BCUT2D eigenvalue weighted by atomic mass is 10.2. The number of hydrogen-bond acceptors (Lipinski definition) is 2. The standard InChI is InChI=1S/C11H12N2O.C2H6/c1-2-8(14)7-11-12-9-5-3-4-6-10(9)13-11;1-2/h3-6H,2,7H2,1H3,(H,12,13);1-2H3. The largest absolute Gasteiger partial charge is 0.342 e. The van der Waals surface area contributed by atoms with Crippen LogP contribution in [0.1, 0.15) is 33.0 Å². The summed E-state index contributed by atoms with van der Waals surface area (Å²) >= 11 is 0. The molecule has 0 atom stereocenters. The summed E-state index contributed by atoms with van der Waals surface area (Å²) in [5.41, 5.74) is 1.91. The predicted molar refractivity (Wildman–Crippen MR) is 66.4 cm³/mol. The molecule has 2 rings (SSSR count). The fourth-order valence-electron chi connectivity index (χ4n) is 1.40. The predicted octanol–water partition coefficient (Wildman–Crippen LogP) is 3.11. The molecule has 0 spiro atoms. The van der Waals surface area contributed by atoms with Crippen LogP contribution in [0.15, 0.2) is 24.3 Å². The van der Waals surface area contributed by atoms with Crippen molar-refractivity contribution in [2.75, 3.05) is 0 Å². The van der Waals surface area contributed by atoms with Crippen LogP contribution in [0.5, 0.6) is 0 Å². The van der Waals surface area contributed by atoms with Gasteiger partial charge in [0.15, 0.2) is 0 Å². The topological polar surface area (TPSA) is 45.8 Å². The smallest absolute Gasteiger partial charge is 0.140 e. The number of imidazole rings is 1. The average molecular weight is 218 g/mol. The Balaban J connectivity index is 0.000000606. The molecule has 0 aliphatic carbocycles. The van der Waals surface area contributed by atoms with Gasteiger partial charge in [-0.3, -0.25) is 4.79 Å². The molecule has 0 radical (unpaired) electrons. The zero-order valence-corrected chi connectivity index (χ0v) is 10.1. The highest BCUT2D eigenvalue weighted by Gasteiger charge is 2.05. The molecule has 1 N–H and O–H groups in total. The summed E-state index contributed by atoms with van der Waals surface area (Å²) < 4.78 is 0. The zero-order chi connectivity index (χ0) is 12.0. The van der Waals surface area contributed by atoms with Crippen LogP contribution in [-0.2, 0) is 11.2 Å². The number of benzene rings is 1. The number of fused-ring (bicyclic) bond motifs is 1. The number of carbonyl (C=O) groups excluding carboxylic acids is 1. The first-order valence-electron chi connectivity index (χ1n) is 5.75. The third-order valence-electron chi connectivity index (χ3n) is 2.20. The van der Waals surface area contributed by atoms with E-state index in [9.17, 15) is 4.79 Å². The first kappa shape index (κ1) is 12.4. The van der Waals surface area contributed by atoms with Gasteiger partial charge in [0.25, 0.3) is 0 Å². The highest BCUT2D eigenvalue weighted by Crippen LogP contribution is 2.10. The number of carbonyl (C=O) groups is 1. The molecule has 16 heavy (non-hydrogen) atoms. The Labute approximate surface area is 95.9 Å². The van der Waals surface area contributed by atoms with E-state index in [-0.39, 0.29) is 5.78 Å². The number of H-pyrrole nitrogens is 1. The van der Waals surface area contributed by atoms with Gasteiger partial charge in [-0.1, -0.05) is 32.9 Å². The quantitative estimate of drug-likeness (QED) is 0.860. The molecule has 2 aromatic rings. The molecule has 0 fully saturated rings. The van der Waals surface area contributed by atoms with E-state index in [0.717, 1.165) is 16.9 Å². The Morgan fingerprint density at radius 1 is 1.31 bits per heavy atom. The summed E-state index contributed by atoms with van der Waals surface area (Å²) in [6, 6.07) is 7.79. The van der Waals surface area contributed by atoms with Crippen molar-refractivity contribution in [1.82, 2.24) is 9.97 Å². The van der Waals surface area contributed by atoms with Crippen LogP contribution < -0.4 is 0 Å². The molecule has 0 bridgehead atoms. The zero-order valence-electron chi connectivity index (χ0n) is 10.1. The SMILES string of the molecule is CC.CCC(=O)Cc1nc2ccccc2[nH]1. The number of ketones is 1. The molecular formula is C13H18N2O. The van der Waals surface area contributed by atoms with Crippen molar-refractivity contribution in [2.24, 2.45) is 0 Å². The first-order chi connectivity index (χ1) is 7.79. The van der Waals surface area contributed by atoms with Gasteiger partial charge < -0.3 is 4.98 Å². The van der Waals surface area contributed by atoms with Crippen molar-refractivity contribution >= 4 is 16.8 Å². The number of aromatic nitrogens is 2. The van der Waals surface area contributed by atoms with Crippen molar-refractivity contribution in [1.29, 1.82) is 0 Å². The summed E-state index contributed by atoms with van der Waals surface area (Å²) in [7, 11) is 0. The van der Waals surface area contributed by atoms with Gasteiger partial charge >= 0.3 is 0 Å². The van der Waals surface area contributed by atoms with E-state index >= 15 is 0 Å². The van der Waals surface area contributed by atoms with E-state index in [1.807, 2.05) is 45.0 Å². The molecule has 3 nitrogen and oxygen atoms in total. The van der Waals surface area contributed by atoms with Crippen LogP contribution in [-0.4, -0.2) is 15.8 Å². The number of Topliss-reactive ketones (excluding diaryl/α,β-unsaturated/α-hetero) is 1. The van der Waals surface area contributed by atoms with E-state index in [1.165, 1.54) is 0 Å². The van der Waals surface area contributed by atoms with Crippen molar-refractivity contribution < 1.29 is 4.79 Å². The summed E-state index contributed by atoms with van der Waals surface area (Å²) in [5.74, 6) is 0.974. The molecule has 86 valence electrons. The number of nitrogens with zero attached hydrogens (tertiary/aromatic N) is 1. The summed E-state index contributed by atoms with van der Waals surface area (Å²) in [5, 5.41) is 0. The van der Waals surface area contributed by atoms with E-state index in [0.29, 0.717) is 12.8 Å². The first-order valence-corrected chi connectivity index (χ1v) is 5.75. The van der Waals surface area contributed by atoms with Gasteiger partial charge in [0.2, 0.25) is 0 Å². The normalized spacial score (nSPS) is 9.69. The van der Waals surface area contributed by atoms with E-state index in [1.54, 1.807) is 0 Å². The van der Waals surface area contributed by atoms with Crippen LogP contribution in [0, 0.1) is 0 Å². The molecule has 3 heteroatoms. The van der Waals surface area contributed by atoms with Crippen molar-refractivity contribution in [3.05, 3.63) is 30.1 Å². The van der Waals surface area contributed by atoms with Crippen molar-refractivity contribution in [3.63, 3.8) is 0 Å². The maximum atomic E-state index is 11.2. The van der Waals surface area contributed by atoms with Gasteiger partial charge in [0.1, 0.15) is 11.6 Å². The van der Waals surface area contributed by atoms with E-state index in [4.69, 9.17) is 0 Å². The number of para-hydroxylation sites is 2. The molecule has 1 aromatic heterocycles. The van der Waals surface area contributed by atoms with E-state index in [2.05, 4.69) is 9.97 Å². The van der Waals surface area contributed by atoms with Crippen LogP contribution in [0.4, 0.5) is 0 Å². The highest BCUT2D eigenvalue weighted by atomic mass is 16.1. The minimum atomic E-state index is 0.212. The number of aromatic amines is 1. The number of nitrogens with one attached hydrogen (secondary N) is 1. The van der Waals surface area contributed by atoms with Gasteiger partial charge in [0.05, 0.1) is 17.5 Å². The van der Waals surface area contributed by atoms with Crippen molar-refractivity contribution in [3.8, 4) is 0 Å². The van der Waals surface area contributed by atoms with Crippen molar-refractivity contribution in [2.45, 2.75) is 33.6 Å². The highest BCUT2D eigenvalue weighted by molar-refractivity contribution is 5.81. The lowest BCUT2D eigenvalue weighted by Crippen LogP contribution is -2.01. The van der Waals surface area contributed by atoms with Crippen LogP contribution in [0.25, 0.3) is 11.0 Å². The summed E-state index contributed by atoms with van der Waals surface area (Å²) in [6.07, 6.45) is 0.974. The van der Waals surface area contributed by atoms with Crippen LogP contribution in [0.2, 0.25) is 0 Å². The van der Waals surface area contributed by atoms with Gasteiger partial charge in [-0.2, -0.15) is 0 Å². The summed E-state index contributed by atoms with van der Waals surface area (Å²) in [4.78, 5) is 18.7. The van der Waals surface area contributed by atoms with Gasteiger partial charge in [0, 0.05) is 6.42 Å². The third kappa shape index (κ3) is 2.92. The minimum absolute atomic E-state index is 0.212. The lowest BCUT2D eigenvalue weighted by Gasteiger charge is -1.91. The molecule has 0 aliphatic rings. The van der Waals surface area contributed by atoms with Gasteiger partial charge in [-0.05, 0) is 12.1 Å². The molecule has 0 saturated carbocycles. The number of rotatable bonds is 3. The Hall–Kier alpha value is -1.64. The monoisotopic (exact) mass is 218 g/mol. The second-order valence-corrected chi connectivity index (χ2v) is 3.27. The maximum absolute atomic E-state index is 11.2. The van der Waals surface area contributed by atoms with Crippen LogP contribution in [0.3, 0.4) is 0 Å².